The van der Waals surface area contributed by atoms with Gasteiger partial charge in [-0.25, -0.2) is 0 Å². The Morgan fingerprint density at radius 1 is 1.14 bits per heavy atom. The normalized spacial score (nSPS) is 22.9. The maximum Gasteiger partial charge on any atom is 0.239 e. The maximum absolute atomic E-state index is 14.1. The predicted octanol–water partition coefficient (Wildman–Crippen LogP) is 3.15. The molecule has 8 heteroatoms. The quantitative estimate of drug-likeness (QED) is 0.538. The first-order chi connectivity index (χ1) is 17.3. The first kappa shape index (κ1) is 26.7. The molecule has 2 aliphatic heterocycles. The van der Waals surface area contributed by atoms with E-state index in [0.29, 0.717) is 19.8 Å². The molecule has 2 saturated heterocycles. The van der Waals surface area contributed by atoms with E-state index in [-0.39, 0.29) is 30.9 Å². The first-order valence-corrected chi connectivity index (χ1v) is 13.5. The summed E-state index contributed by atoms with van der Waals surface area (Å²) in [5.74, 6) is -0.141. The molecular formula is C28H37N3O4S. The number of carbonyl (C=O) groups excluding carboxylic acids is 2. The van der Waals surface area contributed by atoms with Crippen molar-refractivity contribution in [2.45, 2.75) is 55.5 Å². The van der Waals surface area contributed by atoms with Crippen LogP contribution in [-0.4, -0.2) is 76.9 Å². The summed E-state index contributed by atoms with van der Waals surface area (Å²) in [5.41, 5.74) is 2.84. The van der Waals surface area contributed by atoms with Crippen molar-refractivity contribution in [2.24, 2.45) is 0 Å². The van der Waals surface area contributed by atoms with Gasteiger partial charge in [0.1, 0.15) is 4.75 Å². The molecule has 4 rings (SSSR count). The molecule has 0 aliphatic carbocycles. The second-order valence-corrected chi connectivity index (χ2v) is 11.3. The van der Waals surface area contributed by atoms with E-state index in [1.165, 1.54) is 11.8 Å². The molecule has 0 unspecified atom stereocenters. The summed E-state index contributed by atoms with van der Waals surface area (Å²) in [6.45, 7) is 10.4. The minimum Gasteiger partial charge on any atom is -0.392 e. The van der Waals surface area contributed by atoms with Crippen molar-refractivity contribution in [3.8, 4) is 0 Å². The van der Waals surface area contributed by atoms with Gasteiger partial charge < -0.3 is 20.1 Å². The van der Waals surface area contributed by atoms with Crippen LogP contribution >= 0.6 is 11.8 Å². The molecule has 2 fully saturated rings. The minimum atomic E-state index is -1.03. The monoisotopic (exact) mass is 511 g/mol. The van der Waals surface area contributed by atoms with E-state index in [0.717, 1.165) is 41.2 Å². The third-order valence-corrected chi connectivity index (χ3v) is 8.40. The predicted molar refractivity (Wildman–Crippen MR) is 142 cm³/mol. The molecule has 36 heavy (non-hydrogen) atoms. The van der Waals surface area contributed by atoms with Crippen LogP contribution < -0.4 is 5.32 Å². The fourth-order valence-electron chi connectivity index (χ4n) is 5.06. The van der Waals surface area contributed by atoms with Crippen LogP contribution in [0.15, 0.2) is 53.4 Å². The van der Waals surface area contributed by atoms with Crippen LogP contribution in [0.3, 0.4) is 0 Å². The number of nitrogens with zero attached hydrogens (tertiary/aromatic N) is 2. The van der Waals surface area contributed by atoms with E-state index in [2.05, 4.69) is 10.2 Å². The molecule has 0 spiro atoms. The zero-order valence-electron chi connectivity index (χ0n) is 21.4. The van der Waals surface area contributed by atoms with Crippen LogP contribution in [0.2, 0.25) is 0 Å². The van der Waals surface area contributed by atoms with Crippen LogP contribution in [-0.2, 0) is 20.9 Å². The van der Waals surface area contributed by atoms with Gasteiger partial charge in [0.25, 0.3) is 0 Å². The summed E-state index contributed by atoms with van der Waals surface area (Å²) in [4.78, 5) is 32.7. The number of aliphatic hydroxyl groups excluding tert-OH is 1. The summed E-state index contributed by atoms with van der Waals surface area (Å²) in [7, 11) is 0. The Bertz CT molecular complexity index is 1040. The molecule has 2 aromatic rings. The second-order valence-electron chi connectivity index (χ2n) is 9.89. The molecule has 2 atom stereocenters. The van der Waals surface area contributed by atoms with Gasteiger partial charge in [0.05, 0.1) is 32.3 Å². The zero-order valence-corrected chi connectivity index (χ0v) is 22.2. The van der Waals surface area contributed by atoms with E-state index in [1.54, 1.807) is 0 Å². The number of carbonyl (C=O) groups is 2. The Labute approximate surface area is 218 Å². The third-order valence-electron chi connectivity index (χ3n) is 6.98. The third kappa shape index (κ3) is 5.78. The highest BCUT2D eigenvalue weighted by atomic mass is 32.2. The lowest BCUT2D eigenvalue weighted by molar-refractivity contribution is -0.130. The van der Waals surface area contributed by atoms with Gasteiger partial charge in [-0.05, 0) is 44.0 Å². The molecule has 194 valence electrons. The van der Waals surface area contributed by atoms with E-state index in [9.17, 15) is 14.7 Å². The fourth-order valence-corrected chi connectivity index (χ4v) is 6.48. The molecule has 2 aromatic carbocycles. The minimum absolute atomic E-state index is 0.0239. The van der Waals surface area contributed by atoms with Gasteiger partial charge in [0, 0.05) is 37.1 Å². The summed E-state index contributed by atoms with van der Waals surface area (Å²) in [6.07, 6.45) is 0.125. The number of hydrogen-bond donors (Lipinski definition) is 2. The average Bonchev–Trinajstić information content (AvgIpc) is 3.19. The molecule has 7 nitrogen and oxygen atoms in total. The molecule has 0 radical (unpaired) electrons. The lowest BCUT2D eigenvalue weighted by Crippen LogP contribution is -2.51. The molecule has 2 N–H and O–H groups in total. The number of aryl methyl sites for hydroxylation is 1. The Morgan fingerprint density at radius 3 is 2.42 bits per heavy atom. The summed E-state index contributed by atoms with van der Waals surface area (Å²) in [5, 5.41) is 12.7. The number of ether oxygens (including phenoxy) is 1. The van der Waals surface area contributed by atoms with Crippen molar-refractivity contribution >= 4 is 23.6 Å². The van der Waals surface area contributed by atoms with Gasteiger partial charge in [-0.15, -0.1) is 11.8 Å². The number of rotatable bonds is 9. The topological polar surface area (TPSA) is 82.1 Å². The average molecular weight is 512 g/mol. The van der Waals surface area contributed by atoms with Gasteiger partial charge in [-0.2, -0.15) is 0 Å². The van der Waals surface area contributed by atoms with E-state index in [1.807, 2.05) is 74.2 Å². The van der Waals surface area contributed by atoms with Gasteiger partial charge >= 0.3 is 0 Å². The van der Waals surface area contributed by atoms with Crippen molar-refractivity contribution in [3.05, 3.63) is 65.2 Å². The number of amides is 2. The van der Waals surface area contributed by atoms with Crippen molar-refractivity contribution in [1.29, 1.82) is 0 Å². The number of thioether (sulfide) groups is 1. The van der Waals surface area contributed by atoms with Gasteiger partial charge in [0.2, 0.25) is 11.8 Å². The van der Waals surface area contributed by atoms with Crippen LogP contribution in [0.1, 0.15) is 43.0 Å². The Hall–Kier alpha value is -2.39. The molecular weight excluding hydrogens is 474 g/mol. The Balaban J connectivity index is 1.69. The highest BCUT2D eigenvalue weighted by Crippen LogP contribution is 2.53. The van der Waals surface area contributed by atoms with Crippen LogP contribution in [0.25, 0.3) is 0 Å². The molecule has 0 bridgehead atoms. The second kappa shape index (κ2) is 11.8. The van der Waals surface area contributed by atoms with Gasteiger partial charge in [-0.3, -0.25) is 14.5 Å². The number of morpholine rings is 1. The summed E-state index contributed by atoms with van der Waals surface area (Å²) in [6, 6.07) is 15.2. The molecule has 0 saturated carbocycles. The van der Waals surface area contributed by atoms with E-state index >= 15 is 0 Å². The molecule has 2 amide bonds. The molecule has 2 heterocycles. The number of hydrogen-bond acceptors (Lipinski definition) is 6. The number of benzene rings is 2. The van der Waals surface area contributed by atoms with Crippen molar-refractivity contribution < 1.29 is 19.4 Å². The van der Waals surface area contributed by atoms with Crippen molar-refractivity contribution in [3.63, 3.8) is 0 Å². The van der Waals surface area contributed by atoms with Crippen molar-refractivity contribution in [2.75, 3.05) is 39.4 Å². The lowest BCUT2D eigenvalue weighted by Gasteiger charge is -2.38. The largest absolute Gasteiger partial charge is 0.392 e. The Morgan fingerprint density at radius 2 is 1.81 bits per heavy atom. The van der Waals surface area contributed by atoms with Crippen molar-refractivity contribution in [1.82, 2.24) is 15.1 Å². The van der Waals surface area contributed by atoms with E-state index < -0.39 is 10.8 Å². The number of nitrogens with one attached hydrogen (secondary N) is 1. The highest BCUT2D eigenvalue weighted by Gasteiger charge is 2.58. The SMILES string of the molecule is Cc1ccc(S[C@]2(C(=O)NCCN3CCOCC3)CC(=O)N(C(C)C)[C@@H]2c2ccc(CO)cc2)cc1. The molecule has 2 aliphatic rings. The van der Waals surface area contributed by atoms with Gasteiger partial charge in [0.15, 0.2) is 0 Å². The lowest BCUT2D eigenvalue weighted by atomic mass is 9.90. The van der Waals surface area contributed by atoms with Crippen LogP contribution in [0.5, 0.6) is 0 Å². The Kier molecular flexibility index (Phi) is 8.72. The smallest absolute Gasteiger partial charge is 0.239 e. The number of aliphatic hydroxyl groups is 1. The summed E-state index contributed by atoms with van der Waals surface area (Å²) >= 11 is 1.48. The first-order valence-electron chi connectivity index (χ1n) is 12.7. The fraction of sp³-hybridized carbons (Fsp3) is 0.500. The summed E-state index contributed by atoms with van der Waals surface area (Å²) < 4.78 is 4.41. The maximum atomic E-state index is 14.1. The van der Waals surface area contributed by atoms with E-state index in [4.69, 9.17) is 4.74 Å². The standard InChI is InChI=1S/C28H37N3O4S/c1-20(2)31-25(33)18-28(36-24-10-4-21(3)5-11-24,26(31)23-8-6-22(19-32)7-9-23)27(34)29-12-13-30-14-16-35-17-15-30/h4-11,20,26,32H,12-19H2,1-3H3,(H,29,34)/t26-,28-/m1/s1. The van der Waals surface area contributed by atoms with Crippen LogP contribution in [0, 0.1) is 6.92 Å². The highest BCUT2D eigenvalue weighted by molar-refractivity contribution is 8.01. The van der Waals surface area contributed by atoms with Gasteiger partial charge in [-0.1, -0.05) is 42.0 Å². The molecule has 0 aromatic heterocycles. The number of likely N-dealkylation sites (tertiary alicyclic amines) is 1. The zero-order chi connectivity index (χ0) is 25.7. The van der Waals surface area contributed by atoms with Crippen LogP contribution in [0.4, 0.5) is 0 Å².